The van der Waals surface area contributed by atoms with Crippen LogP contribution in [0.3, 0.4) is 0 Å². The highest BCUT2D eigenvalue weighted by Gasteiger charge is 2.27. The number of amides is 2. The molecule has 3 aromatic rings. The number of aromatic nitrogens is 3. The fourth-order valence-corrected chi connectivity index (χ4v) is 4.24. The third-order valence-electron chi connectivity index (χ3n) is 4.69. The van der Waals surface area contributed by atoms with Gasteiger partial charge in [-0.05, 0) is 30.4 Å². The number of imidazole rings is 1. The number of rotatable bonds is 4. The first-order chi connectivity index (χ1) is 12.1. The molecule has 0 spiro atoms. The highest BCUT2D eigenvalue weighted by molar-refractivity contribution is 7.17. The Kier molecular flexibility index (Phi) is 4.04. The number of likely N-dealkylation sites (tertiary alicyclic amines) is 1. The van der Waals surface area contributed by atoms with Crippen molar-refractivity contribution in [2.75, 3.05) is 13.1 Å². The fraction of sp³-hybridized carbons (Fsp3) is 0.353. The van der Waals surface area contributed by atoms with Crippen molar-refractivity contribution < 1.29 is 9.59 Å². The second-order valence-electron chi connectivity index (χ2n) is 6.33. The first-order valence-corrected chi connectivity index (χ1v) is 9.14. The Morgan fingerprint density at radius 2 is 2.16 bits per heavy atom. The van der Waals surface area contributed by atoms with Gasteiger partial charge in [0.05, 0.1) is 10.2 Å². The average Bonchev–Trinajstić information content (AvgIpc) is 3.29. The van der Waals surface area contributed by atoms with Crippen molar-refractivity contribution in [1.82, 2.24) is 19.4 Å². The van der Waals surface area contributed by atoms with Crippen LogP contribution >= 0.6 is 11.3 Å². The largest absolute Gasteiger partial charge is 0.368 e. The minimum atomic E-state index is -0.376. The third kappa shape index (κ3) is 3.05. The molecule has 2 amide bonds. The number of aromatic amines is 1. The summed E-state index contributed by atoms with van der Waals surface area (Å²) < 4.78 is 2.91. The van der Waals surface area contributed by atoms with Crippen LogP contribution in [0, 0.1) is 0 Å². The maximum atomic E-state index is 12.7. The number of hydrogen-bond acceptors (Lipinski definition) is 4. The van der Waals surface area contributed by atoms with Crippen LogP contribution in [0.25, 0.3) is 10.2 Å². The molecule has 0 bridgehead atoms. The van der Waals surface area contributed by atoms with Gasteiger partial charge in [-0.2, -0.15) is 0 Å². The van der Waals surface area contributed by atoms with Crippen molar-refractivity contribution in [3.05, 3.63) is 41.4 Å². The Balaban J connectivity index is 1.43. The molecule has 25 heavy (non-hydrogen) atoms. The van der Waals surface area contributed by atoms with Crippen LogP contribution < -0.4 is 5.73 Å². The molecule has 0 aliphatic carbocycles. The van der Waals surface area contributed by atoms with Crippen molar-refractivity contribution in [1.29, 1.82) is 0 Å². The molecular weight excluding hydrogens is 338 g/mol. The Hall–Kier alpha value is -2.61. The highest BCUT2D eigenvalue weighted by atomic mass is 32.1. The molecule has 3 N–H and O–H groups in total. The van der Waals surface area contributed by atoms with Crippen LogP contribution in [0.5, 0.6) is 0 Å². The Bertz CT molecular complexity index is 888. The standard InChI is InChI=1S/C17H19N5O2S/c18-15(23)10-22-7-4-19-16(22)11-1-5-21(6-2-11)17(24)13-9-14-12(20-13)3-8-25-14/h3-4,7-9,11,20H,1-2,5-6,10H2,(H2,18,23). The first-order valence-electron chi connectivity index (χ1n) is 8.26. The molecule has 0 atom stereocenters. The van der Waals surface area contributed by atoms with Gasteiger partial charge in [0.25, 0.3) is 5.91 Å². The van der Waals surface area contributed by atoms with Crippen molar-refractivity contribution >= 4 is 33.4 Å². The Labute approximate surface area is 148 Å². The molecule has 130 valence electrons. The van der Waals surface area contributed by atoms with Gasteiger partial charge >= 0.3 is 0 Å². The van der Waals surface area contributed by atoms with E-state index in [9.17, 15) is 9.59 Å². The maximum Gasteiger partial charge on any atom is 0.270 e. The van der Waals surface area contributed by atoms with E-state index in [1.165, 1.54) is 0 Å². The zero-order valence-corrected chi connectivity index (χ0v) is 14.5. The summed E-state index contributed by atoms with van der Waals surface area (Å²) in [4.78, 5) is 33.3. The van der Waals surface area contributed by atoms with Crippen LogP contribution in [-0.2, 0) is 11.3 Å². The smallest absolute Gasteiger partial charge is 0.270 e. The van der Waals surface area contributed by atoms with Gasteiger partial charge in [-0.1, -0.05) is 0 Å². The number of carbonyl (C=O) groups excluding carboxylic acids is 2. The maximum absolute atomic E-state index is 12.7. The molecule has 8 heteroatoms. The van der Waals surface area contributed by atoms with E-state index in [4.69, 9.17) is 5.73 Å². The van der Waals surface area contributed by atoms with Gasteiger partial charge in [-0.25, -0.2) is 4.98 Å². The van der Waals surface area contributed by atoms with Gasteiger partial charge < -0.3 is 20.2 Å². The lowest BCUT2D eigenvalue weighted by Crippen LogP contribution is -2.38. The van der Waals surface area contributed by atoms with E-state index in [0.29, 0.717) is 18.8 Å². The van der Waals surface area contributed by atoms with Crippen LogP contribution in [0.4, 0.5) is 0 Å². The lowest BCUT2D eigenvalue weighted by molar-refractivity contribution is -0.118. The molecule has 0 saturated carbocycles. The summed E-state index contributed by atoms with van der Waals surface area (Å²) in [6, 6.07) is 3.91. The van der Waals surface area contributed by atoms with Gasteiger partial charge in [0.2, 0.25) is 5.91 Å². The SMILES string of the molecule is NC(=O)Cn1ccnc1C1CCN(C(=O)c2cc3sccc3[nH]2)CC1. The van der Waals surface area contributed by atoms with Crippen molar-refractivity contribution in [2.24, 2.45) is 5.73 Å². The van der Waals surface area contributed by atoms with Gasteiger partial charge in [0.1, 0.15) is 18.1 Å². The van der Waals surface area contributed by atoms with E-state index in [1.807, 2.05) is 27.0 Å². The summed E-state index contributed by atoms with van der Waals surface area (Å²) in [7, 11) is 0. The molecule has 0 radical (unpaired) electrons. The monoisotopic (exact) mass is 357 g/mol. The zero-order valence-electron chi connectivity index (χ0n) is 13.6. The van der Waals surface area contributed by atoms with Gasteiger partial charge in [0, 0.05) is 31.4 Å². The number of piperidine rings is 1. The van der Waals surface area contributed by atoms with E-state index in [2.05, 4.69) is 9.97 Å². The lowest BCUT2D eigenvalue weighted by atomic mass is 9.95. The Morgan fingerprint density at radius 1 is 1.36 bits per heavy atom. The van der Waals surface area contributed by atoms with Crippen molar-refractivity contribution in [3.8, 4) is 0 Å². The van der Waals surface area contributed by atoms with Gasteiger partial charge in [-0.15, -0.1) is 11.3 Å². The lowest BCUT2D eigenvalue weighted by Gasteiger charge is -2.31. The summed E-state index contributed by atoms with van der Waals surface area (Å²) in [5, 5.41) is 2.01. The number of hydrogen-bond donors (Lipinski definition) is 2. The van der Waals surface area contributed by atoms with E-state index in [-0.39, 0.29) is 24.3 Å². The highest BCUT2D eigenvalue weighted by Crippen LogP contribution is 2.28. The van der Waals surface area contributed by atoms with Crippen LogP contribution in [0.2, 0.25) is 0 Å². The van der Waals surface area contributed by atoms with Gasteiger partial charge in [-0.3, -0.25) is 9.59 Å². The second-order valence-corrected chi connectivity index (χ2v) is 7.28. The predicted molar refractivity (Wildman–Crippen MR) is 95.5 cm³/mol. The zero-order chi connectivity index (χ0) is 17.4. The van der Waals surface area contributed by atoms with Crippen molar-refractivity contribution in [3.63, 3.8) is 0 Å². The summed E-state index contributed by atoms with van der Waals surface area (Å²) in [5.74, 6) is 0.790. The van der Waals surface area contributed by atoms with E-state index < -0.39 is 0 Å². The molecule has 0 unspecified atom stereocenters. The van der Waals surface area contributed by atoms with Crippen LogP contribution in [-0.4, -0.2) is 44.3 Å². The molecule has 1 aliphatic rings. The number of nitrogens with one attached hydrogen (secondary N) is 1. The molecule has 1 saturated heterocycles. The van der Waals surface area contributed by atoms with E-state index in [0.717, 1.165) is 28.9 Å². The molecule has 4 heterocycles. The third-order valence-corrected chi connectivity index (χ3v) is 5.56. The second kappa shape index (κ2) is 6.36. The summed E-state index contributed by atoms with van der Waals surface area (Å²) in [6.07, 6.45) is 5.14. The number of primary amides is 1. The summed E-state index contributed by atoms with van der Waals surface area (Å²) >= 11 is 1.63. The van der Waals surface area contributed by atoms with Gasteiger partial charge in [0.15, 0.2) is 0 Å². The predicted octanol–water partition coefficient (Wildman–Crippen LogP) is 1.93. The van der Waals surface area contributed by atoms with Crippen LogP contribution in [0.15, 0.2) is 29.9 Å². The van der Waals surface area contributed by atoms with Crippen LogP contribution in [0.1, 0.15) is 35.1 Å². The average molecular weight is 357 g/mol. The Morgan fingerprint density at radius 3 is 2.88 bits per heavy atom. The number of H-pyrrole nitrogens is 1. The minimum Gasteiger partial charge on any atom is -0.368 e. The summed E-state index contributed by atoms with van der Waals surface area (Å²) in [6.45, 7) is 1.51. The molecule has 4 rings (SSSR count). The number of nitrogens with zero attached hydrogens (tertiary/aromatic N) is 3. The number of nitrogens with two attached hydrogens (primary N) is 1. The molecule has 1 aliphatic heterocycles. The quantitative estimate of drug-likeness (QED) is 0.746. The molecule has 7 nitrogen and oxygen atoms in total. The van der Waals surface area contributed by atoms with E-state index in [1.54, 1.807) is 23.7 Å². The fourth-order valence-electron chi connectivity index (χ4n) is 3.46. The minimum absolute atomic E-state index is 0.0438. The number of thiophene rings is 1. The number of fused-ring (bicyclic) bond motifs is 1. The number of carbonyl (C=O) groups is 2. The first kappa shape index (κ1) is 15.9. The molecule has 1 fully saturated rings. The summed E-state index contributed by atoms with van der Waals surface area (Å²) in [5.41, 5.74) is 6.95. The normalized spacial score (nSPS) is 15.8. The van der Waals surface area contributed by atoms with E-state index >= 15 is 0 Å². The molecular formula is C17H19N5O2S. The topological polar surface area (TPSA) is 97.0 Å². The molecule has 0 aromatic carbocycles. The van der Waals surface area contributed by atoms with Crippen molar-refractivity contribution in [2.45, 2.75) is 25.3 Å². The molecule has 3 aromatic heterocycles.